The zero-order valence-corrected chi connectivity index (χ0v) is 20.0. The summed E-state index contributed by atoms with van der Waals surface area (Å²) in [7, 11) is 0. The first kappa shape index (κ1) is 19.1. The van der Waals surface area contributed by atoms with Gasteiger partial charge in [0.05, 0.1) is 0 Å². The third kappa shape index (κ3) is 2.35. The summed E-state index contributed by atoms with van der Waals surface area (Å²) in [5.41, 5.74) is 3.06. The molecule has 0 unspecified atom stereocenters. The van der Waals surface area contributed by atoms with Crippen molar-refractivity contribution in [2.45, 2.75) is 24.7 Å². The molecule has 0 spiro atoms. The van der Waals surface area contributed by atoms with E-state index in [2.05, 4.69) is 109 Å². The largest absolute Gasteiger partial charge is 0.0610 e. The molecule has 0 radical (unpaired) electrons. The van der Waals surface area contributed by atoms with E-state index in [1.165, 1.54) is 88.6 Å². The fraction of sp³-hybridized carbons (Fsp3) is 0.111. The molecule has 0 aliphatic heterocycles. The molecule has 0 aromatic heterocycles. The van der Waals surface area contributed by atoms with Crippen LogP contribution in [0, 0.1) is 0 Å². The van der Waals surface area contributed by atoms with E-state index in [1.54, 1.807) is 0 Å². The summed E-state index contributed by atoms with van der Waals surface area (Å²) in [6.07, 6.45) is 2.52. The van der Waals surface area contributed by atoms with Crippen molar-refractivity contribution < 1.29 is 0 Å². The van der Waals surface area contributed by atoms with E-state index < -0.39 is 0 Å². The van der Waals surface area contributed by atoms with Crippen LogP contribution in [0.1, 0.15) is 35.8 Å². The number of benzene rings is 8. The van der Waals surface area contributed by atoms with Crippen LogP contribution in [0.4, 0.5) is 0 Å². The summed E-state index contributed by atoms with van der Waals surface area (Å²) in [6.45, 7) is 0. The van der Waals surface area contributed by atoms with Gasteiger partial charge in [-0.1, -0.05) is 109 Å². The molecule has 1 fully saturated rings. The molecule has 0 heteroatoms. The van der Waals surface area contributed by atoms with E-state index in [4.69, 9.17) is 0 Å². The summed E-state index contributed by atoms with van der Waals surface area (Å²) in [5.74, 6) is 1.13. The standard InChI is InChI=1S/C36H24/c1-3-21-7-9-25-11-15-29(31-17-13-23(5-1)33(21)35(25)31)27-19-20-28(27)30-16-12-26-10-8-22-4-2-6-24-14-18-32(30)36(26)34(22)24/h1-18,27-28H,19-20H2/t27-,28+. The summed E-state index contributed by atoms with van der Waals surface area (Å²) in [5, 5.41) is 16.7. The van der Waals surface area contributed by atoms with Gasteiger partial charge in [-0.15, -0.1) is 0 Å². The van der Waals surface area contributed by atoms with Gasteiger partial charge in [-0.2, -0.15) is 0 Å². The molecular formula is C36H24. The van der Waals surface area contributed by atoms with Crippen LogP contribution in [0.15, 0.2) is 109 Å². The van der Waals surface area contributed by atoms with Gasteiger partial charge in [-0.25, -0.2) is 0 Å². The van der Waals surface area contributed by atoms with E-state index in [9.17, 15) is 0 Å². The highest BCUT2D eigenvalue weighted by atomic mass is 14.4. The minimum absolute atomic E-state index is 0.563. The van der Waals surface area contributed by atoms with E-state index in [0.29, 0.717) is 11.8 Å². The van der Waals surface area contributed by atoms with Crippen molar-refractivity contribution in [2.24, 2.45) is 0 Å². The Balaban J connectivity index is 1.27. The average Bonchev–Trinajstić information content (AvgIpc) is 2.91. The second-order valence-corrected chi connectivity index (χ2v) is 10.8. The lowest BCUT2D eigenvalue weighted by Crippen LogP contribution is -2.22. The third-order valence-corrected chi connectivity index (χ3v) is 9.20. The molecule has 0 N–H and O–H groups in total. The molecule has 8 aromatic rings. The van der Waals surface area contributed by atoms with E-state index >= 15 is 0 Å². The van der Waals surface area contributed by atoms with Crippen LogP contribution in [0.5, 0.6) is 0 Å². The van der Waals surface area contributed by atoms with Crippen LogP contribution in [-0.4, -0.2) is 0 Å². The predicted octanol–water partition coefficient (Wildman–Crippen LogP) is 10.1. The fourth-order valence-corrected chi connectivity index (χ4v) is 7.41. The molecule has 0 nitrogen and oxygen atoms in total. The lowest BCUT2D eigenvalue weighted by atomic mass is 9.65. The van der Waals surface area contributed by atoms with Crippen molar-refractivity contribution in [3.05, 3.63) is 120 Å². The Labute approximate surface area is 209 Å². The maximum Gasteiger partial charge on any atom is -0.00239 e. The van der Waals surface area contributed by atoms with Crippen molar-refractivity contribution in [1.82, 2.24) is 0 Å². The van der Waals surface area contributed by atoms with Gasteiger partial charge in [0.15, 0.2) is 0 Å². The Morgan fingerprint density at radius 3 is 1.06 bits per heavy atom. The first-order valence-electron chi connectivity index (χ1n) is 13.2. The first-order chi connectivity index (χ1) is 17.8. The van der Waals surface area contributed by atoms with Crippen LogP contribution >= 0.6 is 0 Å². The summed E-state index contributed by atoms with van der Waals surface area (Å²) >= 11 is 0. The highest BCUT2D eigenvalue weighted by molar-refractivity contribution is 6.24. The SMILES string of the molecule is c1cc2ccc3ccc([C@H]4CC[C@H]4c4ccc5ccc6cccc7ccc4c5c67)c4ccc(c1)c2c34. The molecule has 0 saturated heterocycles. The van der Waals surface area contributed by atoms with Crippen molar-refractivity contribution in [3.8, 4) is 0 Å². The average molecular weight is 457 g/mol. The molecule has 2 atom stereocenters. The molecule has 36 heavy (non-hydrogen) atoms. The van der Waals surface area contributed by atoms with E-state index in [0.717, 1.165) is 0 Å². The Kier molecular flexibility index (Phi) is 3.57. The summed E-state index contributed by atoms with van der Waals surface area (Å²) in [4.78, 5) is 0. The maximum absolute atomic E-state index is 2.43. The molecule has 1 aliphatic carbocycles. The smallest absolute Gasteiger partial charge is 0.00239 e. The number of hydrogen-bond acceptors (Lipinski definition) is 0. The van der Waals surface area contributed by atoms with Crippen LogP contribution in [0.2, 0.25) is 0 Å². The van der Waals surface area contributed by atoms with Gasteiger partial charge >= 0.3 is 0 Å². The lowest BCUT2D eigenvalue weighted by molar-refractivity contribution is 0.350. The van der Waals surface area contributed by atoms with Crippen molar-refractivity contribution >= 4 is 64.6 Å². The van der Waals surface area contributed by atoms with Gasteiger partial charge in [-0.05, 0) is 100 Å². The van der Waals surface area contributed by atoms with Crippen molar-refractivity contribution in [1.29, 1.82) is 0 Å². The van der Waals surface area contributed by atoms with Crippen LogP contribution < -0.4 is 0 Å². The Morgan fingerprint density at radius 1 is 0.333 bits per heavy atom. The molecule has 1 saturated carbocycles. The quantitative estimate of drug-likeness (QED) is 0.227. The molecule has 0 bridgehead atoms. The van der Waals surface area contributed by atoms with Crippen molar-refractivity contribution in [2.75, 3.05) is 0 Å². The monoisotopic (exact) mass is 456 g/mol. The zero-order valence-electron chi connectivity index (χ0n) is 20.0. The normalized spacial score (nSPS) is 18.3. The molecule has 8 aromatic carbocycles. The second kappa shape index (κ2) is 6.74. The molecule has 168 valence electrons. The van der Waals surface area contributed by atoms with Crippen LogP contribution in [0.25, 0.3) is 64.6 Å². The number of hydrogen-bond donors (Lipinski definition) is 0. The predicted molar refractivity (Wildman–Crippen MR) is 155 cm³/mol. The Morgan fingerprint density at radius 2 is 0.667 bits per heavy atom. The highest BCUT2D eigenvalue weighted by Gasteiger charge is 2.35. The van der Waals surface area contributed by atoms with Gasteiger partial charge in [-0.3, -0.25) is 0 Å². The minimum atomic E-state index is 0.563. The fourth-order valence-electron chi connectivity index (χ4n) is 7.41. The molecular weight excluding hydrogens is 432 g/mol. The topological polar surface area (TPSA) is 0 Å². The second-order valence-electron chi connectivity index (χ2n) is 10.8. The molecule has 9 rings (SSSR count). The Bertz CT molecular complexity index is 1930. The number of rotatable bonds is 2. The lowest BCUT2D eigenvalue weighted by Gasteiger charge is -2.39. The van der Waals surface area contributed by atoms with Crippen molar-refractivity contribution in [3.63, 3.8) is 0 Å². The molecule has 0 heterocycles. The highest BCUT2D eigenvalue weighted by Crippen LogP contribution is 2.53. The molecule has 0 amide bonds. The third-order valence-electron chi connectivity index (χ3n) is 9.20. The van der Waals surface area contributed by atoms with Gasteiger partial charge in [0.1, 0.15) is 0 Å². The summed E-state index contributed by atoms with van der Waals surface area (Å²) < 4.78 is 0. The van der Waals surface area contributed by atoms with Gasteiger partial charge in [0.2, 0.25) is 0 Å². The van der Waals surface area contributed by atoms with Gasteiger partial charge in [0.25, 0.3) is 0 Å². The van der Waals surface area contributed by atoms with E-state index in [-0.39, 0.29) is 0 Å². The maximum atomic E-state index is 2.43. The minimum Gasteiger partial charge on any atom is -0.0610 e. The summed E-state index contributed by atoms with van der Waals surface area (Å²) in [6, 6.07) is 41.5. The first-order valence-corrected chi connectivity index (χ1v) is 13.2. The Hall–Kier alpha value is -4.16. The van der Waals surface area contributed by atoms with Gasteiger partial charge in [0, 0.05) is 0 Å². The van der Waals surface area contributed by atoms with E-state index in [1.807, 2.05) is 0 Å². The van der Waals surface area contributed by atoms with Crippen LogP contribution in [0.3, 0.4) is 0 Å². The zero-order chi connectivity index (χ0) is 23.4. The molecule has 1 aliphatic rings. The van der Waals surface area contributed by atoms with Crippen LogP contribution in [-0.2, 0) is 0 Å². The van der Waals surface area contributed by atoms with Gasteiger partial charge < -0.3 is 0 Å².